The van der Waals surface area contributed by atoms with Gasteiger partial charge in [-0.15, -0.1) is 0 Å². The van der Waals surface area contributed by atoms with Gasteiger partial charge in [0.1, 0.15) is 11.9 Å². The number of urea groups is 1. The summed E-state index contributed by atoms with van der Waals surface area (Å²) in [5, 5.41) is 6.90. The Bertz CT molecular complexity index is 1410. The van der Waals surface area contributed by atoms with E-state index in [0.29, 0.717) is 22.2 Å². The van der Waals surface area contributed by atoms with Crippen LogP contribution in [0.4, 0.5) is 10.5 Å². The van der Waals surface area contributed by atoms with E-state index in [1.807, 2.05) is 52.2 Å². The predicted octanol–water partition coefficient (Wildman–Crippen LogP) is 5.48. The Morgan fingerprint density at radius 3 is 2.59 bits per heavy atom. The molecule has 4 aromatic rings. The minimum absolute atomic E-state index is 0.0840. The maximum Gasteiger partial charge on any atom is 0.321 e. The fraction of sp³-hybridized carbons (Fsp3) is 0.321. The minimum atomic E-state index is -0.0840. The number of fused-ring (bicyclic) bond motifs is 1. The van der Waals surface area contributed by atoms with Gasteiger partial charge in [0.25, 0.3) is 0 Å². The fourth-order valence-electron chi connectivity index (χ4n) is 4.92. The Morgan fingerprint density at radius 1 is 1.03 bits per heavy atom. The van der Waals surface area contributed by atoms with Crippen LogP contribution in [0, 0.1) is 0 Å². The summed E-state index contributed by atoms with van der Waals surface area (Å²) < 4.78 is 8.03. The first-order valence-electron chi connectivity index (χ1n) is 12.8. The lowest BCUT2D eigenvalue weighted by molar-refractivity contribution is 0.162. The zero-order chi connectivity index (χ0) is 25.2. The number of piperidine rings is 1. The van der Waals surface area contributed by atoms with E-state index >= 15 is 0 Å². The topological polar surface area (TPSA) is 83.8 Å². The molecule has 2 N–H and O–H groups in total. The molecule has 37 heavy (non-hydrogen) atoms. The second-order valence-electron chi connectivity index (χ2n) is 9.59. The average molecular weight is 517 g/mol. The minimum Gasteiger partial charge on any atom is -0.490 e. The van der Waals surface area contributed by atoms with Gasteiger partial charge < -0.3 is 20.3 Å². The van der Waals surface area contributed by atoms with Crippen LogP contribution in [-0.4, -0.2) is 57.6 Å². The molecule has 190 valence electrons. The monoisotopic (exact) mass is 516 g/mol. The van der Waals surface area contributed by atoms with Gasteiger partial charge in [0.05, 0.1) is 10.7 Å². The van der Waals surface area contributed by atoms with E-state index in [1.165, 1.54) is 0 Å². The number of imidazole rings is 1. The van der Waals surface area contributed by atoms with Crippen LogP contribution >= 0.6 is 11.6 Å². The molecule has 4 heterocycles. The Hall–Kier alpha value is -3.62. The number of aromatic nitrogens is 3. The van der Waals surface area contributed by atoms with E-state index in [9.17, 15) is 4.79 Å². The number of rotatable bonds is 5. The summed E-state index contributed by atoms with van der Waals surface area (Å²) in [5.41, 5.74) is 4.15. The fourth-order valence-corrected chi connectivity index (χ4v) is 5.13. The van der Waals surface area contributed by atoms with E-state index in [4.69, 9.17) is 16.3 Å². The van der Waals surface area contributed by atoms with Gasteiger partial charge in [-0.1, -0.05) is 23.7 Å². The first-order valence-corrected chi connectivity index (χ1v) is 13.2. The third kappa shape index (κ3) is 5.26. The maximum atomic E-state index is 12.5. The van der Waals surface area contributed by atoms with E-state index in [2.05, 4.69) is 32.7 Å². The molecule has 2 aliphatic heterocycles. The number of nitrogens with one attached hydrogen (secondary N) is 2. The van der Waals surface area contributed by atoms with Crippen LogP contribution in [0.1, 0.15) is 25.7 Å². The summed E-state index contributed by atoms with van der Waals surface area (Å²) >= 11 is 6.53. The summed E-state index contributed by atoms with van der Waals surface area (Å²) in [7, 11) is 0. The first kappa shape index (κ1) is 23.8. The second-order valence-corrected chi connectivity index (χ2v) is 9.99. The summed E-state index contributed by atoms with van der Waals surface area (Å²) in [4.78, 5) is 23.6. The molecule has 6 rings (SSSR count). The molecule has 0 bridgehead atoms. The second kappa shape index (κ2) is 10.4. The molecule has 9 heteroatoms. The highest BCUT2D eigenvalue weighted by Crippen LogP contribution is 2.31. The van der Waals surface area contributed by atoms with Crippen molar-refractivity contribution in [3.8, 4) is 28.1 Å². The van der Waals surface area contributed by atoms with Gasteiger partial charge in [-0.25, -0.2) is 14.8 Å². The highest BCUT2D eigenvalue weighted by molar-refractivity contribution is 6.33. The van der Waals surface area contributed by atoms with Gasteiger partial charge in [0, 0.05) is 48.5 Å². The Balaban J connectivity index is 1.21. The standard InChI is InChI=1S/C28H29ClN6O2/c29-25-8-5-21(32-28(36)34-13-1-2-14-34)15-24(25)26-18-35-17-20(16-31-27(35)33-26)19-3-6-22(7-4-19)37-23-9-11-30-12-10-23/h3-8,15-18,23,30H,1-2,9-14H2,(H,32,36). The molecule has 2 aromatic heterocycles. The van der Waals surface area contributed by atoms with Crippen molar-refractivity contribution in [2.45, 2.75) is 31.8 Å². The number of carbonyl (C=O) groups is 1. The Labute approximate surface area is 220 Å². The predicted molar refractivity (Wildman–Crippen MR) is 145 cm³/mol. The van der Waals surface area contributed by atoms with Crippen molar-refractivity contribution in [1.29, 1.82) is 0 Å². The molecule has 0 spiro atoms. The number of carbonyl (C=O) groups excluding carboxylic acids is 1. The lowest BCUT2D eigenvalue weighted by Gasteiger charge is -2.23. The largest absolute Gasteiger partial charge is 0.490 e. The number of likely N-dealkylation sites (tertiary alicyclic amines) is 1. The molecular weight excluding hydrogens is 488 g/mol. The summed E-state index contributed by atoms with van der Waals surface area (Å²) in [6, 6.07) is 13.5. The maximum absolute atomic E-state index is 12.5. The highest BCUT2D eigenvalue weighted by Gasteiger charge is 2.19. The normalized spacial score (nSPS) is 16.3. The van der Waals surface area contributed by atoms with Crippen molar-refractivity contribution in [3.05, 3.63) is 66.1 Å². The van der Waals surface area contributed by atoms with Crippen molar-refractivity contribution in [2.75, 3.05) is 31.5 Å². The number of ether oxygens (including phenoxy) is 1. The van der Waals surface area contributed by atoms with Gasteiger partial charge in [-0.2, -0.15) is 0 Å². The summed E-state index contributed by atoms with van der Waals surface area (Å²) in [5.74, 6) is 1.47. The lowest BCUT2D eigenvalue weighted by Crippen LogP contribution is -2.34. The molecule has 2 aliphatic rings. The molecule has 0 radical (unpaired) electrons. The van der Waals surface area contributed by atoms with E-state index < -0.39 is 0 Å². The van der Waals surface area contributed by atoms with Gasteiger partial charge in [-0.3, -0.25) is 4.40 Å². The van der Waals surface area contributed by atoms with Crippen molar-refractivity contribution >= 4 is 29.1 Å². The molecular formula is C28H29ClN6O2. The van der Waals surface area contributed by atoms with Crippen LogP contribution in [0.5, 0.6) is 5.75 Å². The number of nitrogens with zero attached hydrogens (tertiary/aromatic N) is 4. The van der Waals surface area contributed by atoms with Crippen molar-refractivity contribution < 1.29 is 9.53 Å². The van der Waals surface area contributed by atoms with Gasteiger partial charge in [-0.05, 0) is 74.7 Å². The molecule has 0 atom stereocenters. The molecule has 2 saturated heterocycles. The molecule has 8 nitrogen and oxygen atoms in total. The number of hydrogen-bond donors (Lipinski definition) is 2. The summed E-state index contributed by atoms with van der Waals surface area (Å²) in [6.45, 7) is 3.59. The molecule has 2 fully saturated rings. The van der Waals surface area contributed by atoms with E-state index in [1.54, 1.807) is 6.07 Å². The lowest BCUT2D eigenvalue weighted by atomic mass is 10.1. The van der Waals surface area contributed by atoms with E-state index in [0.717, 1.165) is 74.3 Å². The highest BCUT2D eigenvalue weighted by atomic mass is 35.5. The van der Waals surface area contributed by atoms with Crippen molar-refractivity contribution in [1.82, 2.24) is 24.6 Å². The zero-order valence-electron chi connectivity index (χ0n) is 20.5. The third-order valence-electron chi connectivity index (χ3n) is 6.97. The van der Waals surface area contributed by atoms with Gasteiger partial charge in [0.2, 0.25) is 5.78 Å². The van der Waals surface area contributed by atoms with Crippen LogP contribution in [0.2, 0.25) is 5.02 Å². The number of benzene rings is 2. The van der Waals surface area contributed by atoms with Crippen LogP contribution in [0.3, 0.4) is 0 Å². The molecule has 0 unspecified atom stereocenters. The molecule has 0 aliphatic carbocycles. The number of anilines is 1. The number of hydrogen-bond acceptors (Lipinski definition) is 5. The number of amides is 2. The van der Waals surface area contributed by atoms with Crippen LogP contribution < -0.4 is 15.4 Å². The van der Waals surface area contributed by atoms with E-state index in [-0.39, 0.29) is 12.1 Å². The number of halogens is 1. The quantitative estimate of drug-likeness (QED) is 0.367. The third-order valence-corrected chi connectivity index (χ3v) is 7.30. The summed E-state index contributed by atoms with van der Waals surface area (Å²) in [6.07, 6.45) is 10.2. The van der Waals surface area contributed by atoms with Crippen LogP contribution in [-0.2, 0) is 0 Å². The molecule has 2 aromatic carbocycles. The molecule has 2 amide bonds. The Kier molecular flexibility index (Phi) is 6.68. The van der Waals surface area contributed by atoms with Gasteiger partial charge >= 0.3 is 6.03 Å². The Morgan fingerprint density at radius 2 is 1.81 bits per heavy atom. The van der Waals surface area contributed by atoms with Crippen LogP contribution in [0.25, 0.3) is 28.2 Å². The average Bonchev–Trinajstić information content (AvgIpc) is 3.61. The molecule has 0 saturated carbocycles. The first-order chi connectivity index (χ1) is 18.1. The van der Waals surface area contributed by atoms with Crippen molar-refractivity contribution in [2.24, 2.45) is 0 Å². The zero-order valence-corrected chi connectivity index (χ0v) is 21.2. The smallest absolute Gasteiger partial charge is 0.321 e. The van der Waals surface area contributed by atoms with Crippen LogP contribution in [0.15, 0.2) is 61.1 Å². The SMILES string of the molecule is O=C(Nc1ccc(Cl)c(-c2cn3cc(-c4ccc(OC5CCNCC5)cc4)cnc3n2)c1)N1CCCC1. The van der Waals surface area contributed by atoms with Crippen molar-refractivity contribution in [3.63, 3.8) is 0 Å². The van der Waals surface area contributed by atoms with Gasteiger partial charge in [0.15, 0.2) is 0 Å².